The van der Waals surface area contributed by atoms with Crippen molar-refractivity contribution in [3.05, 3.63) is 94.0 Å². The molecule has 1 atom stereocenters. The Bertz CT molecular complexity index is 1760. The van der Waals surface area contributed by atoms with E-state index in [9.17, 15) is 14.7 Å². The van der Waals surface area contributed by atoms with Gasteiger partial charge in [-0.1, -0.05) is 72.8 Å². The molecule has 3 heterocycles. The van der Waals surface area contributed by atoms with E-state index in [0.717, 1.165) is 12.0 Å². The molecule has 45 heavy (non-hydrogen) atoms. The molecule has 9 nitrogen and oxygen atoms in total. The summed E-state index contributed by atoms with van der Waals surface area (Å²) in [7, 11) is 0. The van der Waals surface area contributed by atoms with Crippen LogP contribution in [0.25, 0.3) is 5.76 Å². The first-order valence-corrected chi connectivity index (χ1v) is 16.6. The quantitative estimate of drug-likeness (QED) is 0.0614. The fourth-order valence-electron chi connectivity index (χ4n) is 4.96. The number of fused-ring (bicyclic) bond motifs is 1. The molecule has 0 aliphatic carbocycles. The average Bonchev–Trinajstić information content (AvgIpc) is 3.61. The zero-order chi connectivity index (χ0) is 31.5. The van der Waals surface area contributed by atoms with Gasteiger partial charge in [0.1, 0.15) is 24.7 Å². The third-order valence-corrected chi connectivity index (χ3v) is 9.65. The lowest BCUT2D eigenvalue weighted by Gasteiger charge is -2.23. The second-order valence-corrected chi connectivity index (χ2v) is 13.5. The zero-order valence-electron chi connectivity index (χ0n) is 24.6. The predicted molar refractivity (Wildman–Crippen MR) is 175 cm³/mol. The van der Waals surface area contributed by atoms with E-state index in [1.165, 1.54) is 28.0 Å². The van der Waals surface area contributed by atoms with Crippen LogP contribution in [0, 0.1) is 5.92 Å². The molecule has 1 saturated heterocycles. The van der Waals surface area contributed by atoms with E-state index in [1.54, 1.807) is 36.4 Å². The minimum atomic E-state index is -0.978. The molecule has 0 saturated carbocycles. The highest BCUT2D eigenvalue weighted by molar-refractivity contribution is 8.00. The van der Waals surface area contributed by atoms with Crippen molar-refractivity contribution >= 4 is 57.3 Å². The second kappa shape index (κ2) is 13.5. The van der Waals surface area contributed by atoms with Crippen LogP contribution >= 0.6 is 34.7 Å². The third kappa shape index (κ3) is 6.80. The number of thioether (sulfide) groups is 1. The van der Waals surface area contributed by atoms with Gasteiger partial charge in [-0.15, -0.1) is 10.2 Å². The van der Waals surface area contributed by atoms with Gasteiger partial charge in [0, 0.05) is 16.3 Å². The number of ether oxygens (including phenoxy) is 3. The Hall–Kier alpha value is -4.06. The number of benzene rings is 3. The predicted octanol–water partition coefficient (Wildman–Crippen LogP) is 7.31. The number of halogens is 1. The van der Waals surface area contributed by atoms with Crippen LogP contribution in [0.3, 0.4) is 0 Å². The highest BCUT2D eigenvalue weighted by atomic mass is 35.5. The van der Waals surface area contributed by atoms with Crippen molar-refractivity contribution in [2.75, 3.05) is 24.7 Å². The molecule has 0 bridgehead atoms. The summed E-state index contributed by atoms with van der Waals surface area (Å²) in [5.41, 5.74) is 1.89. The molecule has 0 spiro atoms. The van der Waals surface area contributed by atoms with Crippen LogP contribution in [-0.4, -0.2) is 46.8 Å². The van der Waals surface area contributed by atoms with Crippen molar-refractivity contribution in [1.82, 2.24) is 10.2 Å². The van der Waals surface area contributed by atoms with Gasteiger partial charge < -0.3 is 19.3 Å². The Kier molecular flexibility index (Phi) is 9.29. The Balaban J connectivity index is 1.37. The molecule has 12 heteroatoms. The summed E-state index contributed by atoms with van der Waals surface area (Å²) in [6.45, 7) is 5.54. The number of aliphatic hydroxyl groups is 1. The third-order valence-electron chi connectivity index (χ3n) is 7.28. The summed E-state index contributed by atoms with van der Waals surface area (Å²) < 4.78 is 17.9. The number of rotatable bonds is 10. The van der Waals surface area contributed by atoms with Crippen LogP contribution in [0.2, 0.25) is 5.02 Å². The molecular weight excluding hydrogens is 634 g/mol. The Morgan fingerprint density at radius 2 is 1.84 bits per heavy atom. The molecule has 1 amide bonds. The SMILES string of the molecule is CC(C)CCOc1cccc([C@@H]2C(=C(O)c3ccc4c(c3)OCCO4)C(=O)C(=O)N2c2nnc(SCc3ccc(Cl)cc3)s2)c1. The van der Waals surface area contributed by atoms with Gasteiger partial charge in [-0.05, 0) is 65.9 Å². The van der Waals surface area contributed by atoms with Crippen LogP contribution in [0.15, 0.2) is 76.6 Å². The maximum Gasteiger partial charge on any atom is 0.301 e. The monoisotopic (exact) mass is 663 g/mol. The van der Waals surface area contributed by atoms with Gasteiger partial charge in [0.05, 0.1) is 18.2 Å². The first-order chi connectivity index (χ1) is 21.8. The molecule has 232 valence electrons. The smallest absolute Gasteiger partial charge is 0.301 e. The summed E-state index contributed by atoms with van der Waals surface area (Å²) in [6.07, 6.45) is 0.869. The number of nitrogens with zero attached hydrogens (tertiary/aromatic N) is 3. The van der Waals surface area contributed by atoms with Crippen molar-refractivity contribution in [3.63, 3.8) is 0 Å². The fourth-order valence-corrected chi connectivity index (χ4v) is 6.91. The van der Waals surface area contributed by atoms with Gasteiger partial charge in [-0.2, -0.15) is 0 Å². The van der Waals surface area contributed by atoms with Crippen molar-refractivity contribution < 1.29 is 28.9 Å². The van der Waals surface area contributed by atoms with E-state index in [-0.39, 0.29) is 16.5 Å². The molecule has 1 aromatic heterocycles. The van der Waals surface area contributed by atoms with Crippen molar-refractivity contribution in [2.45, 2.75) is 36.4 Å². The van der Waals surface area contributed by atoms with Crippen LogP contribution in [0.1, 0.15) is 43.0 Å². The fraction of sp³-hybridized carbons (Fsp3) is 0.273. The van der Waals surface area contributed by atoms with E-state index < -0.39 is 17.7 Å². The Morgan fingerprint density at radius 3 is 2.62 bits per heavy atom. The first-order valence-electron chi connectivity index (χ1n) is 14.4. The highest BCUT2D eigenvalue weighted by Gasteiger charge is 2.48. The number of aliphatic hydroxyl groups excluding tert-OH is 1. The molecule has 2 aliphatic heterocycles. The highest BCUT2D eigenvalue weighted by Crippen LogP contribution is 2.45. The van der Waals surface area contributed by atoms with Crippen LogP contribution in [0.4, 0.5) is 5.13 Å². The van der Waals surface area contributed by atoms with Gasteiger partial charge in [-0.3, -0.25) is 14.5 Å². The van der Waals surface area contributed by atoms with Gasteiger partial charge in [0.2, 0.25) is 5.13 Å². The molecule has 3 aromatic carbocycles. The zero-order valence-corrected chi connectivity index (χ0v) is 27.0. The minimum absolute atomic E-state index is 0.0680. The number of hydrogen-bond donors (Lipinski definition) is 1. The lowest BCUT2D eigenvalue weighted by Crippen LogP contribution is -2.29. The van der Waals surface area contributed by atoms with Crippen molar-refractivity contribution in [2.24, 2.45) is 5.92 Å². The molecule has 2 aliphatic rings. The number of aromatic nitrogens is 2. The molecule has 0 unspecified atom stereocenters. The molecule has 6 rings (SSSR count). The number of amides is 1. The number of carbonyl (C=O) groups is 2. The molecule has 1 N–H and O–H groups in total. The number of hydrogen-bond acceptors (Lipinski definition) is 10. The molecule has 1 fully saturated rings. The largest absolute Gasteiger partial charge is 0.507 e. The summed E-state index contributed by atoms with van der Waals surface area (Å²) in [5.74, 6) is 0.700. The maximum absolute atomic E-state index is 13.7. The van der Waals surface area contributed by atoms with Gasteiger partial charge >= 0.3 is 5.91 Å². The van der Waals surface area contributed by atoms with Gasteiger partial charge in [0.25, 0.3) is 5.78 Å². The standard InChI is InChI=1S/C33H30ClN3O6S2/c1-19(2)12-13-41-24-5-3-4-21(16-24)28-27(29(38)22-8-11-25-26(17-22)43-15-14-42-25)30(39)31(40)37(28)32-35-36-33(45-32)44-18-20-6-9-23(34)10-7-20/h3-11,16-17,19,28,38H,12-15,18H2,1-2H3/t28-/m1/s1. The number of anilines is 1. The lowest BCUT2D eigenvalue weighted by atomic mass is 9.95. The Morgan fingerprint density at radius 1 is 1.07 bits per heavy atom. The van der Waals surface area contributed by atoms with Crippen LogP contribution in [0.5, 0.6) is 17.2 Å². The van der Waals surface area contributed by atoms with Gasteiger partial charge in [0.15, 0.2) is 15.8 Å². The minimum Gasteiger partial charge on any atom is -0.507 e. The number of carbonyl (C=O) groups excluding carboxylic acids is 2. The topological polar surface area (TPSA) is 111 Å². The normalized spacial score (nSPS) is 17.2. The molecular formula is C33H30ClN3O6S2. The maximum atomic E-state index is 13.7. The van der Waals surface area contributed by atoms with Crippen molar-refractivity contribution in [1.29, 1.82) is 0 Å². The first kappa shape index (κ1) is 30.9. The number of ketones is 1. The van der Waals surface area contributed by atoms with E-state index in [0.29, 0.717) is 69.2 Å². The summed E-state index contributed by atoms with van der Waals surface area (Å²) in [4.78, 5) is 28.7. The summed E-state index contributed by atoms with van der Waals surface area (Å²) >= 11 is 8.68. The van der Waals surface area contributed by atoms with E-state index >= 15 is 0 Å². The van der Waals surface area contributed by atoms with Crippen molar-refractivity contribution in [3.8, 4) is 17.2 Å². The second-order valence-electron chi connectivity index (χ2n) is 10.9. The molecule has 4 aromatic rings. The van der Waals surface area contributed by atoms with E-state index in [4.69, 9.17) is 25.8 Å². The van der Waals surface area contributed by atoms with Crippen LogP contribution < -0.4 is 19.1 Å². The average molecular weight is 664 g/mol. The van der Waals surface area contributed by atoms with E-state index in [1.807, 2.05) is 30.3 Å². The Labute approximate surface area is 273 Å². The lowest BCUT2D eigenvalue weighted by molar-refractivity contribution is -0.132. The van der Waals surface area contributed by atoms with E-state index in [2.05, 4.69) is 24.0 Å². The van der Waals surface area contributed by atoms with Gasteiger partial charge in [-0.25, -0.2) is 0 Å². The summed E-state index contributed by atoms with van der Waals surface area (Å²) in [6, 6.07) is 18.7. The van der Waals surface area contributed by atoms with Crippen LogP contribution in [-0.2, 0) is 15.3 Å². The number of Topliss-reactive ketones (excluding diaryl/α,β-unsaturated/α-hetero) is 1. The molecule has 0 radical (unpaired) electrons. The summed E-state index contributed by atoms with van der Waals surface area (Å²) in [5, 5.41) is 21.1.